The third kappa shape index (κ3) is 3.21. The van der Waals surface area contributed by atoms with Gasteiger partial charge in [-0.3, -0.25) is 4.79 Å². The van der Waals surface area contributed by atoms with Crippen molar-refractivity contribution in [3.8, 4) is 0 Å². The highest BCUT2D eigenvalue weighted by molar-refractivity contribution is 5.94. The molecular formula is C14H14FNO4. The van der Waals surface area contributed by atoms with E-state index >= 15 is 0 Å². The van der Waals surface area contributed by atoms with E-state index in [0.717, 1.165) is 4.90 Å². The molecule has 20 heavy (non-hydrogen) atoms. The van der Waals surface area contributed by atoms with E-state index in [0.29, 0.717) is 5.56 Å². The third-order valence-electron chi connectivity index (χ3n) is 3.14. The zero-order valence-electron chi connectivity index (χ0n) is 10.6. The second kappa shape index (κ2) is 5.83. The van der Waals surface area contributed by atoms with Gasteiger partial charge < -0.3 is 15.1 Å². The first-order chi connectivity index (χ1) is 9.47. The van der Waals surface area contributed by atoms with E-state index in [4.69, 9.17) is 5.11 Å². The smallest absolute Gasteiger partial charge is 0.326 e. The summed E-state index contributed by atoms with van der Waals surface area (Å²) in [6, 6.07) is 4.54. The van der Waals surface area contributed by atoms with Gasteiger partial charge in [-0.25, -0.2) is 9.18 Å². The minimum Gasteiger partial charge on any atom is -0.480 e. The van der Waals surface area contributed by atoms with E-state index in [-0.39, 0.29) is 18.8 Å². The van der Waals surface area contributed by atoms with Crippen LogP contribution in [0, 0.1) is 5.82 Å². The van der Waals surface area contributed by atoms with Gasteiger partial charge in [0.1, 0.15) is 11.9 Å². The Morgan fingerprint density at radius 3 is 2.55 bits per heavy atom. The van der Waals surface area contributed by atoms with E-state index in [2.05, 4.69) is 0 Å². The molecule has 5 nitrogen and oxygen atoms in total. The first kappa shape index (κ1) is 14.2. The summed E-state index contributed by atoms with van der Waals surface area (Å²) in [6.07, 6.45) is 1.91. The number of hydrogen-bond acceptors (Lipinski definition) is 3. The monoisotopic (exact) mass is 279 g/mol. The summed E-state index contributed by atoms with van der Waals surface area (Å²) >= 11 is 0. The molecule has 6 heteroatoms. The van der Waals surface area contributed by atoms with Crippen LogP contribution in [0.15, 0.2) is 30.3 Å². The van der Waals surface area contributed by atoms with Crippen LogP contribution >= 0.6 is 0 Å². The average Bonchev–Trinajstić information content (AvgIpc) is 2.80. The number of likely N-dealkylation sites (tertiary alicyclic amines) is 1. The number of rotatable bonds is 3. The summed E-state index contributed by atoms with van der Waals surface area (Å²) in [7, 11) is 0. The van der Waals surface area contributed by atoms with Gasteiger partial charge in [0.25, 0.3) is 0 Å². The third-order valence-corrected chi connectivity index (χ3v) is 3.14. The van der Waals surface area contributed by atoms with Gasteiger partial charge in [0.05, 0.1) is 6.10 Å². The number of carbonyl (C=O) groups is 2. The predicted octanol–water partition coefficient (Wildman–Crippen LogP) is 0.885. The van der Waals surface area contributed by atoms with Crippen molar-refractivity contribution in [1.82, 2.24) is 4.90 Å². The minimum absolute atomic E-state index is 0.00353. The molecule has 106 valence electrons. The SMILES string of the molecule is O=C(O)[C@@H]1C[C@@H](O)CN1C(=O)C=Cc1ccc(F)cc1. The molecule has 0 radical (unpaired) electrons. The maximum absolute atomic E-state index is 12.7. The summed E-state index contributed by atoms with van der Waals surface area (Å²) < 4.78 is 12.7. The number of carboxylic acid groups (broad SMARTS) is 1. The standard InChI is InChI=1S/C14H14FNO4/c15-10-4-1-9(2-5-10)3-6-13(18)16-8-11(17)7-12(16)14(19)20/h1-6,11-12,17H,7-8H2,(H,19,20)/t11-,12+/m1/s1. The Kier molecular flexibility index (Phi) is 4.14. The Balaban J connectivity index is 2.07. The van der Waals surface area contributed by atoms with Crippen molar-refractivity contribution in [3.63, 3.8) is 0 Å². The zero-order chi connectivity index (χ0) is 14.7. The number of aliphatic hydroxyl groups is 1. The van der Waals surface area contributed by atoms with Gasteiger partial charge in [-0.1, -0.05) is 12.1 Å². The van der Waals surface area contributed by atoms with Gasteiger partial charge in [-0.2, -0.15) is 0 Å². The molecule has 2 rings (SSSR count). The highest BCUT2D eigenvalue weighted by Gasteiger charge is 2.37. The molecule has 1 aromatic rings. The van der Waals surface area contributed by atoms with E-state index < -0.39 is 24.0 Å². The Labute approximate surface area is 114 Å². The number of carbonyl (C=O) groups excluding carboxylic acids is 1. The lowest BCUT2D eigenvalue weighted by Crippen LogP contribution is -2.39. The number of β-amino-alcohol motifs (C(OH)–C–C–N with tert-alkyl or cyclic N) is 1. The van der Waals surface area contributed by atoms with Crippen LogP contribution in [0.4, 0.5) is 4.39 Å². The quantitative estimate of drug-likeness (QED) is 0.805. The van der Waals surface area contributed by atoms with Crippen molar-refractivity contribution < 1.29 is 24.2 Å². The number of nitrogens with zero attached hydrogens (tertiary/aromatic N) is 1. The van der Waals surface area contributed by atoms with Crippen molar-refractivity contribution in [3.05, 3.63) is 41.7 Å². The van der Waals surface area contributed by atoms with Crippen LogP contribution in [0.25, 0.3) is 6.08 Å². The number of benzene rings is 1. The summed E-state index contributed by atoms with van der Waals surface area (Å²) in [5.74, 6) is -1.99. The highest BCUT2D eigenvalue weighted by atomic mass is 19.1. The maximum atomic E-state index is 12.7. The predicted molar refractivity (Wildman–Crippen MR) is 69.2 cm³/mol. The highest BCUT2D eigenvalue weighted by Crippen LogP contribution is 2.19. The lowest BCUT2D eigenvalue weighted by atomic mass is 10.2. The molecule has 1 saturated heterocycles. The van der Waals surface area contributed by atoms with Crippen LogP contribution in [-0.2, 0) is 9.59 Å². The topological polar surface area (TPSA) is 77.8 Å². The van der Waals surface area contributed by atoms with Crippen molar-refractivity contribution in [1.29, 1.82) is 0 Å². The van der Waals surface area contributed by atoms with Crippen LogP contribution in [0.2, 0.25) is 0 Å². The van der Waals surface area contributed by atoms with E-state index in [1.165, 1.54) is 36.4 Å². The number of hydrogen-bond donors (Lipinski definition) is 2. The lowest BCUT2D eigenvalue weighted by molar-refractivity contribution is -0.146. The lowest BCUT2D eigenvalue weighted by Gasteiger charge is -2.19. The largest absolute Gasteiger partial charge is 0.480 e. The summed E-state index contributed by atoms with van der Waals surface area (Å²) in [5.41, 5.74) is 0.631. The Morgan fingerprint density at radius 1 is 1.30 bits per heavy atom. The molecule has 1 aromatic carbocycles. The van der Waals surface area contributed by atoms with Crippen LogP contribution in [0.3, 0.4) is 0 Å². The number of carboxylic acids is 1. The average molecular weight is 279 g/mol. The second-order valence-corrected chi connectivity index (χ2v) is 4.62. The fraction of sp³-hybridized carbons (Fsp3) is 0.286. The fourth-order valence-electron chi connectivity index (χ4n) is 2.13. The Morgan fingerprint density at radius 2 is 1.95 bits per heavy atom. The van der Waals surface area contributed by atoms with E-state index in [9.17, 15) is 19.1 Å². The summed E-state index contributed by atoms with van der Waals surface area (Å²) in [4.78, 5) is 24.1. The van der Waals surface area contributed by atoms with Gasteiger partial charge in [0, 0.05) is 19.0 Å². The van der Waals surface area contributed by atoms with Crippen LogP contribution in [0.5, 0.6) is 0 Å². The van der Waals surface area contributed by atoms with Crippen molar-refractivity contribution in [2.24, 2.45) is 0 Å². The molecule has 0 unspecified atom stereocenters. The molecule has 1 amide bonds. The zero-order valence-corrected chi connectivity index (χ0v) is 10.6. The molecule has 1 fully saturated rings. The molecular weight excluding hydrogens is 265 g/mol. The van der Waals surface area contributed by atoms with Crippen LogP contribution in [0.1, 0.15) is 12.0 Å². The number of aliphatic hydroxyl groups excluding tert-OH is 1. The van der Waals surface area contributed by atoms with Crippen LogP contribution in [-0.4, -0.2) is 45.7 Å². The first-order valence-corrected chi connectivity index (χ1v) is 6.12. The summed E-state index contributed by atoms with van der Waals surface area (Å²) in [5, 5.41) is 18.5. The van der Waals surface area contributed by atoms with Gasteiger partial charge in [0.15, 0.2) is 0 Å². The molecule has 0 aromatic heterocycles. The molecule has 0 saturated carbocycles. The van der Waals surface area contributed by atoms with Crippen LogP contribution < -0.4 is 0 Å². The minimum atomic E-state index is -1.13. The molecule has 1 aliphatic heterocycles. The van der Waals surface area contributed by atoms with Gasteiger partial charge >= 0.3 is 5.97 Å². The van der Waals surface area contributed by atoms with Crippen molar-refractivity contribution in [2.45, 2.75) is 18.6 Å². The van der Waals surface area contributed by atoms with Gasteiger partial charge in [-0.05, 0) is 23.8 Å². The van der Waals surface area contributed by atoms with Gasteiger partial charge in [-0.15, -0.1) is 0 Å². The molecule has 2 atom stereocenters. The van der Waals surface area contributed by atoms with Crippen molar-refractivity contribution >= 4 is 18.0 Å². The van der Waals surface area contributed by atoms with Crippen molar-refractivity contribution in [2.75, 3.05) is 6.54 Å². The fourth-order valence-corrected chi connectivity index (χ4v) is 2.13. The Hall–Kier alpha value is -2.21. The molecule has 0 aliphatic carbocycles. The summed E-state index contributed by atoms with van der Waals surface area (Å²) in [6.45, 7) is 0.00353. The second-order valence-electron chi connectivity index (χ2n) is 4.62. The molecule has 1 aliphatic rings. The van der Waals surface area contributed by atoms with E-state index in [1.54, 1.807) is 0 Å². The van der Waals surface area contributed by atoms with E-state index in [1.807, 2.05) is 0 Å². The molecule has 2 N–H and O–H groups in total. The first-order valence-electron chi connectivity index (χ1n) is 6.12. The molecule has 0 spiro atoms. The van der Waals surface area contributed by atoms with Gasteiger partial charge in [0.2, 0.25) is 5.91 Å². The number of aliphatic carboxylic acids is 1. The normalized spacial score (nSPS) is 22.4. The molecule has 0 bridgehead atoms. The molecule has 1 heterocycles. The Bertz CT molecular complexity index is 541. The maximum Gasteiger partial charge on any atom is 0.326 e. The number of amides is 1. The number of halogens is 1.